The van der Waals surface area contributed by atoms with Gasteiger partial charge in [-0.3, -0.25) is 0 Å². The molecule has 0 saturated carbocycles. The van der Waals surface area contributed by atoms with E-state index in [9.17, 15) is 0 Å². The van der Waals surface area contributed by atoms with Gasteiger partial charge in [0.25, 0.3) is 0 Å². The summed E-state index contributed by atoms with van der Waals surface area (Å²) in [7, 11) is 2.16. The molecule has 7 heteroatoms. The number of rotatable bonds is 10. The molecule has 1 aliphatic rings. The Morgan fingerprint density at radius 1 is 0.971 bits per heavy atom. The first-order valence-electron chi connectivity index (χ1n) is 11.7. The van der Waals surface area contributed by atoms with Gasteiger partial charge in [-0.2, -0.15) is 5.10 Å². The van der Waals surface area contributed by atoms with Crippen molar-refractivity contribution >= 4 is 24.8 Å². The zero-order chi connectivity index (χ0) is 22.2. The van der Waals surface area contributed by atoms with Gasteiger partial charge >= 0.3 is 0 Å². The molecule has 3 aromatic rings. The van der Waals surface area contributed by atoms with Crippen molar-refractivity contribution in [2.75, 3.05) is 26.7 Å². The van der Waals surface area contributed by atoms with E-state index in [1.807, 2.05) is 30.3 Å². The fraction of sp³-hybridized carbons (Fsp3) is 0.407. The molecule has 1 atom stereocenters. The maximum Gasteiger partial charge on any atom is 0.234 e. The molecule has 1 saturated heterocycles. The Bertz CT molecular complexity index is 987. The first kappa shape index (κ1) is 27.9. The quantitative estimate of drug-likeness (QED) is 0.327. The number of likely N-dealkylation sites (tertiary alicyclic amines) is 1. The highest BCUT2D eigenvalue weighted by Crippen LogP contribution is 2.29. The molecule has 34 heavy (non-hydrogen) atoms. The van der Waals surface area contributed by atoms with E-state index < -0.39 is 0 Å². The minimum atomic E-state index is 0. The van der Waals surface area contributed by atoms with E-state index in [0.29, 0.717) is 25.0 Å². The van der Waals surface area contributed by atoms with Crippen LogP contribution in [0.25, 0.3) is 11.1 Å². The van der Waals surface area contributed by atoms with Crippen molar-refractivity contribution in [3.63, 3.8) is 0 Å². The molecular weight excluding hydrogens is 469 g/mol. The van der Waals surface area contributed by atoms with Gasteiger partial charge in [-0.05, 0) is 56.1 Å². The molecule has 1 fully saturated rings. The molecule has 1 aromatic heterocycles. The smallest absolute Gasteiger partial charge is 0.234 e. The number of halogens is 2. The van der Waals surface area contributed by atoms with Crippen LogP contribution < -0.4 is 9.47 Å². The predicted octanol–water partition coefficient (Wildman–Crippen LogP) is 6.24. The second-order valence-electron chi connectivity index (χ2n) is 8.67. The average Bonchev–Trinajstić information content (AvgIpc) is 3.26. The van der Waals surface area contributed by atoms with Crippen molar-refractivity contribution in [2.24, 2.45) is 5.92 Å². The summed E-state index contributed by atoms with van der Waals surface area (Å²) in [6.07, 6.45) is 4.31. The van der Waals surface area contributed by atoms with E-state index in [2.05, 4.69) is 59.4 Å². The van der Waals surface area contributed by atoms with E-state index in [0.717, 1.165) is 60.5 Å². The fourth-order valence-corrected chi connectivity index (χ4v) is 4.09. The number of hydrogen-bond donors (Lipinski definition) is 0. The van der Waals surface area contributed by atoms with Crippen LogP contribution in [0.1, 0.15) is 37.4 Å². The lowest BCUT2D eigenvalue weighted by Crippen LogP contribution is -2.18. The Labute approximate surface area is 215 Å². The number of aromatic nitrogens is 2. The Morgan fingerprint density at radius 2 is 1.74 bits per heavy atom. The molecule has 1 aliphatic heterocycles. The van der Waals surface area contributed by atoms with Crippen LogP contribution in [0.4, 0.5) is 0 Å². The highest BCUT2D eigenvalue weighted by molar-refractivity contribution is 5.85. The third-order valence-electron chi connectivity index (χ3n) is 5.98. The minimum Gasteiger partial charge on any atom is -0.489 e. The lowest BCUT2D eigenvalue weighted by molar-refractivity contribution is 0.238. The van der Waals surface area contributed by atoms with Gasteiger partial charge in [-0.15, -0.1) is 29.9 Å². The topological polar surface area (TPSA) is 47.5 Å². The van der Waals surface area contributed by atoms with Crippen LogP contribution in [-0.2, 0) is 13.0 Å². The minimum absolute atomic E-state index is 0. The Hall–Kier alpha value is -2.34. The molecule has 2 aromatic carbocycles. The number of aryl methyl sites for hydroxylation is 1. The van der Waals surface area contributed by atoms with Gasteiger partial charge in [-0.25, -0.2) is 0 Å². The van der Waals surface area contributed by atoms with Crippen molar-refractivity contribution < 1.29 is 9.47 Å². The Balaban J connectivity index is 0.00000204. The first-order chi connectivity index (χ1) is 15.7. The SMILES string of the molecule is CCCCc1nnc(OCC2CCN(C)C2)cc1-c1ccc(OCc2ccccc2)cc1.Cl.Cl. The van der Waals surface area contributed by atoms with Gasteiger partial charge < -0.3 is 14.4 Å². The van der Waals surface area contributed by atoms with Crippen LogP contribution >= 0.6 is 24.8 Å². The van der Waals surface area contributed by atoms with E-state index in [1.54, 1.807) is 0 Å². The summed E-state index contributed by atoms with van der Waals surface area (Å²) in [4.78, 5) is 2.35. The molecule has 5 nitrogen and oxygen atoms in total. The molecule has 0 radical (unpaired) electrons. The highest BCUT2D eigenvalue weighted by Gasteiger charge is 2.20. The highest BCUT2D eigenvalue weighted by atomic mass is 35.5. The zero-order valence-electron chi connectivity index (χ0n) is 20.0. The molecular formula is C27H35Cl2N3O2. The molecule has 1 unspecified atom stereocenters. The molecule has 0 N–H and O–H groups in total. The summed E-state index contributed by atoms with van der Waals surface area (Å²) in [6.45, 7) is 5.67. The third-order valence-corrected chi connectivity index (χ3v) is 5.98. The number of ether oxygens (including phenoxy) is 2. The van der Waals surface area contributed by atoms with Crippen molar-refractivity contribution in [3.05, 3.63) is 71.9 Å². The Kier molecular flexibility index (Phi) is 11.6. The lowest BCUT2D eigenvalue weighted by Gasteiger charge is -2.14. The maximum atomic E-state index is 6.05. The summed E-state index contributed by atoms with van der Waals surface area (Å²) < 4.78 is 12.0. The maximum absolute atomic E-state index is 6.05. The van der Waals surface area contributed by atoms with Gasteiger partial charge in [0.2, 0.25) is 5.88 Å². The van der Waals surface area contributed by atoms with Crippen LogP contribution in [0.5, 0.6) is 11.6 Å². The second kappa shape index (κ2) is 14.1. The predicted molar refractivity (Wildman–Crippen MR) is 142 cm³/mol. The number of unbranched alkanes of at least 4 members (excludes halogenated alkanes) is 1. The molecule has 0 aliphatic carbocycles. The van der Waals surface area contributed by atoms with Crippen LogP contribution in [0.3, 0.4) is 0 Å². The summed E-state index contributed by atoms with van der Waals surface area (Å²) >= 11 is 0. The van der Waals surface area contributed by atoms with Gasteiger partial charge in [0.15, 0.2) is 0 Å². The third kappa shape index (κ3) is 7.86. The number of benzene rings is 2. The summed E-state index contributed by atoms with van der Waals surface area (Å²) in [5.41, 5.74) is 4.40. The van der Waals surface area contributed by atoms with Gasteiger partial charge in [-0.1, -0.05) is 55.8 Å². The van der Waals surface area contributed by atoms with Crippen molar-refractivity contribution in [2.45, 2.75) is 39.2 Å². The molecule has 4 rings (SSSR count). The molecule has 0 bridgehead atoms. The number of nitrogens with zero attached hydrogens (tertiary/aromatic N) is 3. The van der Waals surface area contributed by atoms with Gasteiger partial charge in [0.05, 0.1) is 12.3 Å². The van der Waals surface area contributed by atoms with E-state index >= 15 is 0 Å². The van der Waals surface area contributed by atoms with E-state index in [-0.39, 0.29) is 24.8 Å². The standard InChI is InChI=1S/C27H33N3O2.2ClH/c1-3-4-10-26-25(17-27(29-28-26)32-20-22-15-16-30(2)18-22)23-11-13-24(14-12-23)31-19-21-8-6-5-7-9-21;;/h5-9,11-14,17,22H,3-4,10,15-16,18-20H2,1-2H3;2*1H. The average molecular weight is 505 g/mol. The van der Waals surface area contributed by atoms with Gasteiger partial charge in [0, 0.05) is 24.1 Å². The molecule has 0 amide bonds. The summed E-state index contributed by atoms with van der Waals surface area (Å²) in [6, 6.07) is 20.5. The fourth-order valence-electron chi connectivity index (χ4n) is 4.09. The number of hydrogen-bond acceptors (Lipinski definition) is 5. The van der Waals surface area contributed by atoms with Crippen LogP contribution in [-0.4, -0.2) is 41.8 Å². The van der Waals surface area contributed by atoms with E-state index in [1.165, 1.54) is 6.42 Å². The van der Waals surface area contributed by atoms with Crippen LogP contribution in [0.15, 0.2) is 60.7 Å². The molecule has 2 heterocycles. The summed E-state index contributed by atoms with van der Waals surface area (Å²) in [5.74, 6) is 2.03. The largest absolute Gasteiger partial charge is 0.489 e. The van der Waals surface area contributed by atoms with Crippen molar-refractivity contribution in [3.8, 4) is 22.8 Å². The molecule has 0 spiro atoms. The van der Waals surface area contributed by atoms with Gasteiger partial charge in [0.1, 0.15) is 12.4 Å². The van der Waals surface area contributed by atoms with Crippen molar-refractivity contribution in [1.29, 1.82) is 0 Å². The normalized spacial score (nSPS) is 15.3. The first-order valence-corrected chi connectivity index (χ1v) is 11.7. The van der Waals surface area contributed by atoms with E-state index in [4.69, 9.17) is 9.47 Å². The zero-order valence-corrected chi connectivity index (χ0v) is 21.6. The summed E-state index contributed by atoms with van der Waals surface area (Å²) in [5, 5.41) is 8.90. The molecule has 184 valence electrons. The lowest BCUT2D eigenvalue weighted by atomic mass is 10.0. The van der Waals surface area contributed by atoms with Crippen LogP contribution in [0, 0.1) is 5.92 Å². The Morgan fingerprint density at radius 3 is 2.41 bits per heavy atom. The monoisotopic (exact) mass is 503 g/mol. The van der Waals surface area contributed by atoms with Crippen molar-refractivity contribution in [1.82, 2.24) is 15.1 Å². The second-order valence-corrected chi connectivity index (χ2v) is 8.67. The van der Waals surface area contributed by atoms with Crippen LogP contribution in [0.2, 0.25) is 0 Å².